The minimum atomic E-state index is -0.657. The normalized spacial score (nSPS) is 23.1. The van der Waals surface area contributed by atoms with Gasteiger partial charge in [0.15, 0.2) is 0 Å². The first-order valence-electron chi connectivity index (χ1n) is 1.93. The summed E-state index contributed by atoms with van der Waals surface area (Å²) in [6.45, 7) is 0.833. The van der Waals surface area contributed by atoms with E-state index in [0.29, 0.717) is 13.1 Å². The fourth-order valence-corrected chi connectivity index (χ4v) is 0.455. The van der Waals surface area contributed by atoms with Crippen LogP contribution in [0.5, 0.6) is 0 Å². The van der Waals surface area contributed by atoms with Crippen molar-refractivity contribution in [1.29, 1.82) is 0 Å². The fraction of sp³-hybridized carbons (Fsp3) is 1.00. The third kappa shape index (κ3) is 1.59. The molecule has 0 spiro atoms. The maximum atomic E-state index is 11.6. The predicted molar refractivity (Wildman–Crippen MR) is 27.9 cm³/mol. The lowest BCUT2D eigenvalue weighted by molar-refractivity contribution is 0.0663. The Morgan fingerprint density at radius 2 is 2.00 bits per heavy atom. The molecular formula is C3H8ClFN2. The van der Waals surface area contributed by atoms with Crippen molar-refractivity contribution in [3.05, 3.63) is 0 Å². The molecule has 0 unspecified atom stereocenters. The van der Waals surface area contributed by atoms with Crippen LogP contribution in [0.25, 0.3) is 0 Å². The van der Waals surface area contributed by atoms with Gasteiger partial charge in [-0.15, -0.1) is 12.4 Å². The topological polar surface area (TPSA) is 29.3 Å². The molecule has 0 aliphatic carbocycles. The molecule has 1 saturated heterocycles. The van der Waals surface area contributed by atoms with Gasteiger partial charge in [-0.1, -0.05) is 0 Å². The number of halogens is 2. The number of nitrogens with zero attached hydrogens (tertiary/aromatic N) is 1. The highest BCUT2D eigenvalue weighted by Gasteiger charge is 2.21. The van der Waals surface area contributed by atoms with Gasteiger partial charge in [-0.2, -0.15) is 0 Å². The van der Waals surface area contributed by atoms with Crippen LogP contribution in [-0.2, 0) is 0 Å². The summed E-state index contributed by atoms with van der Waals surface area (Å²) in [5.41, 5.74) is 0. The van der Waals surface area contributed by atoms with Crippen molar-refractivity contribution in [1.82, 2.24) is 5.01 Å². The zero-order chi connectivity index (χ0) is 4.57. The van der Waals surface area contributed by atoms with Gasteiger partial charge in [0.2, 0.25) is 0 Å². The van der Waals surface area contributed by atoms with E-state index in [9.17, 15) is 4.39 Å². The van der Waals surface area contributed by atoms with Crippen LogP contribution in [0, 0.1) is 0 Å². The Bertz CT molecular complexity index is 48.9. The third-order valence-electron chi connectivity index (χ3n) is 0.865. The highest BCUT2D eigenvalue weighted by atomic mass is 35.5. The average Bonchev–Trinajstić information content (AvgIpc) is 1.33. The molecule has 0 saturated carbocycles. The molecule has 1 rings (SSSR count). The van der Waals surface area contributed by atoms with Gasteiger partial charge >= 0.3 is 0 Å². The van der Waals surface area contributed by atoms with Crippen LogP contribution in [0.4, 0.5) is 4.39 Å². The molecule has 2 N–H and O–H groups in total. The van der Waals surface area contributed by atoms with Crippen molar-refractivity contribution in [3.63, 3.8) is 0 Å². The van der Waals surface area contributed by atoms with E-state index in [1.54, 1.807) is 0 Å². The van der Waals surface area contributed by atoms with Crippen molar-refractivity contribution in [2.45, 2.75) is 6.17 Å². The summed E-state index contributed by atoms with van der Waals surface area (Å²) in [6.07, 6.45) is -0.657. The lowest BCUT2D eigenvalue weighted by Gasteiger charge is -2.28. The van der Waals surface area contributed by atoms with Gasteiger partial charge in [-0.3, -0.25) is 5.84 Å². The largest absolute Gasteiger partial charge is 0.269 e. The van der Waals surface area contributed by atoms with E-state index in [2.05, 4.69) is 0 Å². The molecular weight excluding hydrogens is 118 g/mol. The summed E-state index contributed by atoms with van der Waals surface area (Å²) in [7, 11) is 0. The fourth-order valence-electron chi connectivity index (χ4n) is 0.455. The molecule has 0 aromatic carbocycles. The van der Waals surface area contributed by atoms with E-state index in [1.807, 2.05) is 0 Å². The van der Waals surface area contributed by atoms with E-state index in [1.165, 1.54) is 5.01 Å². The molecule has 4 heteroatoms. The number of alkyl halides is 1. The molecule has 0 bridgehead atoms. The summed E-state index contributed by atoms with van der Waals surface area (Å²) in [5.74, 6) is 5.06. The Balaban J connectivity index is 0.000000360. The molecule has 1 aliphatic heterocycles. The molecule has 1 aliphatic rings. The van der Waals surface area contributed by atoms with Crippen molar-refractivity contribution in [3.8, 4) is 0 Å². The minimum Gasteiger partial charge on any atom is -0.269 e. The summed E-state index contributed by atoms with van der Waals surface area (Å²) in [4.78, 5) is 0. The molecule has 1 heterocycles. The van der Waals surface area contributed by atoms with Crippen molar-refractivity contribution in [2.24, 2.45) is 5.84 Å². The van der Waals surface area contributed by atoms with Crippen LogP contribution in [0.2, 0.25) is 0 Å². The summed E-state index contributed by atoms with van der Waals surface area (Å²) in [5, 5.41) is 1.45. The van der Waals surface area contributed by atoms with E-state index in [0.717, 1.165) is 0 Å². The van der Waals surface area contributed by atoms with E-state index in [-0.39, 0.29) is 12.4 Å². The van der Waals surface area contributed by atoms with Gasteiger partial charge in [-0.25, -0.2) is 9.40 Å². The van der Waals surface area contributed by atoms with Crippen LogP contribution in [0.3, 0.4) is 0 Å². The SMILES string of the molecule is Cl.NN1CC(F)C1. The average molecular weight is 127 g/mol. The molecule has 0 aromatic rings. The Hall–Kier alpha value is 0.140. The zero-order valence-electron chi connectivity index (χ0n) is 3.80. The molecule has 44 valence electrons. The monoisotopic (exact) mass is 126 g/mol. The zero-order valence-corrected chi connectivity index (χ0v) is 4.62. The second-order valence-electron chi connectivity index (χ2n) is 1.55. The molecule has 0 atom stereocenters. The first-order chi connectivity index (χ1) is 2.79. The number of rotatable bonds is 0. The Labute approximate surface area is 47.9 Å². The maximum absolute atomic E-state index is 11.6. The van der Waals surface area contributed by atoms with Crippen LogP contribution in [0.1, 0.15) is 0 Å². The van der Waals surface area contributed by atoms with E-state index < -0.39 is 6.17 Å². The van der Waals surface area contributed by atoms with Crippen molar-refractivity contribution < 1.29 is 4.39 Å². The van der Waals surface area contributed by atoms with Gasteiger partial charge in [0.1, 0.15) is 6.17 Å². The third-order valence-corrected chi connectivity index (χ3v) is 0.865. The van der Waals surface area contributed by atoms with Crippen molar-refractivity contribution in [2.75, 3.05) is 13.1 Å². The second-order valence-corrected chi connectivity index (χ2v) is 1.55. The maximum Gasteiger partial charge on any atom is 0.128 e. The standard InChI is InChI=1S/C3H7FN2.ClH/c4-3-1-6(5)2-3;/h3H,1-2,5H2;1H. The smallest absolute Gasteiger partial charge is 0.128 e. The first kappa shape index (κ1) is 7.14. The highest BCUT2D eigenvalue weighted by molar-refractivity contribution is 5.85. The molecule has 0 radical (unpaired) electrons. The summed E-state index contributed by atoms with van der Waals surface area (Å²) < 4.78 is 11.6. The molecule has 2 nitrogen and oxygen atoms in total. The molecule has 7 heavy (non-hydrogen) atoms. The summed E-state index contributed by atoms with van der Waals surface area (Å²) in [6, 6.07) is 0. The number of hydrogen-bond acceptors (Lipinski definition) is 2. The Morgan fingerprint density at radius 1 is 1.57 bits per heavy atom. The van der Waals surface area contributed by atoms with E-state index in [4.69, 9.17) is 5.84 Å². The van der Waals surface area contributed by atoms with Gasteiger partial charge in [0.05, 0.1) is 0 Å². The quantitative estimate of drug-likeness (QED) is 0.461. The number of nitrogens with two attached hydrogens (primary N) is 1. The lowest BCUT2D eigenvalue weighted by atomic mass is 10.2. The van der Waals surface area contributed by atoms with Crippen LogP contribution in [-0.4, -0.2) is 24.3 Å². The number of hydrogen-bond donors (Lipinski definition) is 1. The van der Waals surface area contributed by atoms with Crippen LogP contribution >= 0.6 is 12.4 Å². The number of hydrazine groups is 1. The predicted octanol–water partition coefficient (Wildman–Crippen LogP) is -0.0644. The Kier molecular flexibility index (Phi) is 2.50. The van der Waals surface area contributed by atoms with Crippen molar-refractivity contribution >= 4 is 12.4 Å². The van der Waals surface area contributed by atoms with Gasteiger partial charge in [0, 0.05) is 13.1 Å². The second kappa shape index (κ2) is 2.45. The van der Waals surface area contributed by atoms with Gasteiger partial charge in [-0.05, 0) is 0 Å². The first-order valence-corrected chi connectivity index (χ1v) is 1.93. The highest BCUT2D eigenvalue weighted by Crippen LogP contribution is 2.03. The van der Waals surface area contributed by atoms with Crippen LogP contribution < -0.4 is 5.84 Å². The van der Waals surface area contributed by atoms with Gasteiger partial charge < -0.3 is 0 Å². The lowest BCUT2D eigenvalue weighted by Crippen LogP contribution is -2.52. The minimum absolute atomic E-state index is 0. The molecule has 0 amide bonds. The molecule has 1 fully saturated rings. The summed E-state index contributed by atoms with van der Waals surface area (Å²) >= 11 is 0. The molecule has 0 aromatic heterocycles. The van der Waals surface area contributed by atoms with Gasteiger partial charge in [0.25, 0.3) is 0 Å². The van der Waals surface area contributed by atoms with E-state index >= 15 is 0 Å². The Morgan fingerprint density at radius 3 is 2.00 bits per heavy atom. The van der Waals surface area contributed by atoms with Crippen LogP contribution in [0.15, 0.2) is 0 Å².